The third-order valence-corrected chi connectivity index (χ3v) is 4.08. The zero-order valence-electron chi connectivity index (χ0n) is 9.28. The zero-order valence-corrected chi connectivity index (χ0v) is 10.9. The van der Waals surface area contributed by atoms with Gasteiger partial charge in [-0.2, -0.15) is 0 Å². The Morgan fingerprint density at radius 3 is 2.47 bits per heavy atom. The van der Waals surface area contributed by atoms with E-state index in [9.17, 15) is 8.42 Å². The lowest BCUT2D eigenvalue weighted by Crippen LogP contribution is -2.22. The summed E-state index contributed by atoms with van der Waals surface area (Å²) in [5.74, 6) is 0.638. The molecular weight excluding hydrogens is 236 g/mol. The van der Waals surface area contributed by atoms with Crippen LogP contribution in [0.4, 0.5) is 0 Å². The highest BCUT2D eigenvalue weighted by atomic mass is 35.7. The smallest absolute Gasteiger partial charge is 0.232 e. The Kier molecular flexibility index (Phi) is 4.87. The van der Waals surface area contributed by atoms with Crippen LogP contribution >= 0.6 is 10.7 Å². The van der Waals surface area contributed by atoms with Crippen LogP contribution in [0.5, 0.6) is 0 Å². The molecule has 0 bridgehead atoms. The molecule has 0 saturated heterocycles. The van der Waals surface area contributed by atoms with Crippen LogP contribution in [0.2, 0.25) is 0 Å². The first-order chi connectivity index (χ1) is 6.92. The average Bonchev–Trinajstić information content (AvgIpc) is 2.92. The maximum Gasteiger partial charge on any atom is 0.232 e. The summed E-state index contributed by atoms with van der Waals surface area (Å²) in [6.07, 6.45) is 3.37. The van der Waals surface area contributed by atoms with E-state index in [2.05, 4.69) is 6.92 Å². The van der Waals surface area contributed by atoms with Gasteiger partial charge in [-0.05, 0) is 32.1 Å². The molecular formula is C10H19ClO3S. The van der Waals surface area contributed by atoms with Crippen molar-refractivity contribution in [2.75, 3.05) is 12.4 Å². The molecule has 1 fully saturated rings. The molecule has 0 spiro atoms. The van der Waals surface area contributed by atoms with Gasteiger partial charge in [0.25, 0.3) is 0 Å². The molecule has 1 aliphatic rings. The second-order valence-electron chi connectivity index (χ2n) is 4.36. The third kappa shape index (κ3) is 5.73. The van der Waals surface area contributed by atoms with Crippen molar-refractivity contribution in [1.82, 2.24) is 0 Å². The Bertz CT molecular complexity index is 285. The molecule has 0 radical (unpaired) electrons. The molecule has 0 amide bonds. The fraction of sp³-hybridized carbons (Fsp3) is 1.00. The van der Waals surface area contributed by atoms with Crippen LogP contribution in [-0.4, -0.2) is 26.9 Å². The van der Waals surface area contributed by atoms with Crippen LogP contribution in [0.3, 0.4) is 0 Å². The first kappa shape index (κ1) is 13.3. The Morgan fingerprint density at radius 1 is 1.47 bits per heavy atom. The molecule has 1 saturated carbocycles. The van der Waals surface area contributed by atoms with E-state index in [0.717, 1.165) is 19.3 Å². The molecule has 5 heteroatoms. The molecule has 15 heavy (non-hydrogen) atoms. The van der Waals surface area contributed by atoms with Gasteiger partial charge in [-0.25, -0.2) is 8.42 Å². The Morgan fingerprint density at radius 2 is 2.07 bits per heavy atom. The Balaban J connectivity index is 2.38. The fourth-order valence-electron chi connectivity index (χ4n) is 1.55. The van der Waals surface area contributed by atoms with Gasteiger partial charge in [0.2, 0.25) is 9.05 Å². The molecule has 0 aromatic carbocycles. The zero-order chi connectivity index (χ0) is 11.5. The van der Waals surface area contributed by atoms with Crippen molar-refractivity contribution in [1.29, 1.82) is 0 Å². The van der Waals surface area contributed by atoms with Gasteiger partial charge in [0.1, 0.15) is 0 Å². The lowest BCUT2D eigenvalue weighted by Gasteiger charge is -2.17. The van der Waals surface area contributed by atoms with Gasteiger partial charge >= 0.3 is 0 Å². The number of ether oxygens (including phenoxy) is 1. The van der Waals surface area contributed by atoms with Crippen LogP contribution in [0.25, 0.3) is 0 Å². The number of hydrogen-bond acceptors (Lipinski definition) is 3. The quantitative estimate of drug-likeness (QED) is 0.656. The summed E-state index contributed by atoms with van der Waals surface area (Å²) in [7, 11) is 1.87. The van der Waals surface area contributed by atoms with E-state index in [1.807, 2.05) is 6.92 Å². The van der Waals surface area contributed by atoms with E-state index in [1.165, 1.54) is 0 Å². The van der Waals surface area contributed by atoms with Crippen LogP contribution in [0, 0.1) is 11.8 Å². The first-order valence-corrected chi connectivity index (χ1v) is 7.94. The fourth-order valence-corrected chi connectivity index (χ4v) is 2.91. The summed E-state index contributed by atoms with van der Waals surface area (Å²) >= 11 is 0. The number of rotatable bonds is 7. The second-order valence-corrected chi connectivity index (χ2v) is 7.18. The van der Waals surface area contributed by atoms with Crippen molar-refractivity contribution in [3.05, 3.63) is 0 Å². The molecule has 2 atom stereocenters. The lowest BCUT2D eigenvalue weighted by molar-refractivity contribution is 0.0380. The number of hydrogen-bond donors (Lipinski definition) is 0. The summed E-state index contributed by atoms with van der Waals surface area (Å²) in [6, 6.07) is 0. The van der Waals surface area contributed by atoms with E-state index in [0.29, 0.717) is 12.5 Å². The minimum absolute atomic E-state index is 0.0512. The van der Waals surface area contributed by atoms with Gasteiger partial charge in [0, 0.05) is 16.6 Å². The Labute approximate surface area is 96.6 Å². The topological polar surface area (TPSA) is 43.4 Å². The maximum absolute atomic E-state index is 11.0. The largest absolute Gasteiger partial charge is 0.378 e. The van der Waals surface area contributed by atoms with Crippen LogP contribution in [0.1, 0.15) is 33.1 Å². The van der Waals surface area contributed by atoms with E-state index < -0.39 is 9.05 Å². The molecule has 0 N–H and O–H groups in total. The van der Waals surface area contributed by atoms with Crippen molar-refractivity contribution in [2.24, 2.45) is 11.8 Å². The van der Waals surface area contributed by atoms with Crippen molar-refractivity contribution in [3.8, 4) is 0 Å². The predicted molar refractivity (Wildman–Crippen MR) is 61.6 cm³/mol. The van der Waals surface area contributed by atoms with E-state index in [1.54, 1.807) is 0 Å². The Hall–Kier alpha value is 0.200. The average molecular weight is 255 g/mol. The summed E-state index contributed by atoms with van der Waals surface area (Å²) in [4.78, 5) is 0. The van der Waals surface area contributed by atoms with E-state index in [4.69, 9.17) is 15.4 Å². The van der Waals surface area contributed by atoms with Gasteiger partial charge in [-0.1, -0.05) is 6.92 Å². The summed E-state index contributed by atoms with van der Waals surface area (Å²) in [5.41, 5.74) is 0. The van der Waals surface area contributed by atoms with Crippen LogP contribution < -0.4 is 0 Å². The highest BCUT2D eigenvalue weighted by Gasteiger charge is 2.34. The molecule has 0 aromatic rings. The van der Waals surface area contributed by atoms with Gasteiger partial charge < -0.3 is 4.74 Å². The first-order valence-electron chi connectivity index (χ1n) is 5.46. The van der Waals surface area contributed by atoms with Gasteiger partial charge in [0.05, 0.1) is 18.5 Å². The summed E-state index contributed by atoms with van der Waals surface area (Å²) in [6.45, 7) is 4.57. The second kappa shape index (κ2) is 5.51. The maximum atomic E-state index is 11.0. The number of halogens is 1. The van der Waals surface area contributed by atoms with E-state index in [-0.39, 0.29) is 17.8 Å². The van der Waals surface area contributed by atoms with Crippen molar-refractivity contribution < 1.29 is 13.2 Å². The van der Waals surface area contributed by atoms with Gasteiger partial charge in [-0.15, -0.1) is 0 Å². The monoisotopic (exact) mass is 254 g/mol. The van der Waals surface area contributed by atoms with Crippen LogP contribution in [0.15, 0.2) is 0 Å². The minimum Gasteiger partial charge on any atom is -0.378 e. The van der Waals surface area contributed by atoms with Crippen molar-refractivity contribution in [2.45, 2.75) is 39.2 Å². The summed E-state index contributed by atoms with van der Waals surface area (Å²) in [5, 5.41) is 0. The molecule has 3 nitrogen and oxygen atoms in total. The highest BCUT2D eigenvalue weighted by Crippen LogP contribution is 2.38. The predicted octanol–water partition coefficient (Wildman–Crippen LogP) is 2.40. The molecule has 2 unspecified atom stereocenters. The van der Waals surface area contributed by atoms with Crippen LogP contribution in [-0.2, 0) is 13.8 Å². The lowest BCUT2D eigenvalue weighted by atomic mass is 10.1. The SMILES string of the molecule is CCC(C)OCC(CS(=O)(=O)Cl)C1CC1. The van der Waals surface area contributed by atoms with E-state index >= 15 is 0 Å². The molecule has 0 aliphatic heterocycles. The van der Waals surface area contributed by atoms with Crippen molar-refractivity contribution >= 4 is 19.7 Å². The van der Waals surface area contributed by atoms with Gasteiger partial charge in [0.15, 0.2) is 0 Å². The standard InChI is InChI=1S/C10H19ClO3S/c1-3-8(2)14-6-10(9-4-5-9)7-15(11,12)13/h8-10H,3-7H2,1-2H3. The molecule has 1 rings (SSSR count). The molecule has 0 heterocycles. The molecule has 0 aromatic heterocycles. The normalized spacial score (nSPS) is 21.3. The van der Waals surface area contributed by atoms with Gasteiger partial charge in [-0.3, -0.25) is 0 Å². The van der Waals surface area contributed by atoms with Crippen molar-refractivity contribution in [3.63, 3.8) is 0 Å². The third-order valence-electron chi connectivity index (χ3n) is 2.87. The highest BCUT2D eigenvalue weighted by molar-refractivity contribution is 8.13. The minimum atomic E-state index is -3.39. The molecule has 1 aliphatic carbocycles. The molecule has 90 valence electrons. The summed E-state index contributed by atoms with van der Waals surface area (Å²) < 4.78 is 27.6.